The highest BCUT2D eigenvalue weighted by Gasteiger charge is 2.34. The highest BCUT2D eigenvalue weighted by atomic mass is 32.2. The summed E-state index contributed by atoms with van der Waals surface area (Å²) in [7, 11) is -3.26. The van der Waals surface area contributed by atoms with Crippen LogP contribution in [0, 0.1) is 5.92 Å². The number of benzene rings is 1. The van der Waals surface area contributed by atoms with Gasteiger partial charge in [0.15, 0.2) is 9.84 Å². The maximum absolute atomic E-state index is 12.1. The molecular formula is C23H28N2O5S. The third-order valence-electron chi connectivity index (χ3n) is 5.88. The van der Waals surface area contributed by atoms with Gasteiger partial charge in [-0.15, -0.1) is 0 Å². The smallest absolute Gasteiger partial charge is 0.410 e. The van der Waals surface area contributed by atoms with Gasteiger partial charge in [0.05, 0.1) is 16.7 Å². The van der Waals surface area contributed by atoms with Crippen LogP contribution in [0.1, 0.15) is 32.3 Å². The number of pyridine rings is 1. The Hall–Kier alpha value is -2.61. The Balaban J connectivity index is 1.40. The molecule has 0 bridgehead atoms. The van der Waals surface area contributed by atoms with Crippen LogP contribution in [0.15, 0.2) is 41.4 Å². The molecule has 0 N–H and O–H groups in total. The molecule has 1 saturated heterocycles. The molecule has 166 valence electrons. The van der Waals surface area contributed by atoms with Gasteiger partial charge < -0.3 is 14.4 Å². The van der Waals surface area contributed by atoms with E-state index in [0.717, 1.165) is 41.8 Å². The van der Waals surface area contributed by atoms with Crippen molar-refractivity contribution in [1.82, 2.24) is 9.88 Å². The number of hydrogen-bond donors (Lipinski definition) is 0. The van der Waals surface area contributed by atoms with Crippen LogP contribution in [0.25, 0.3) is 11.3 Å². The van der Waals surface area contributed by atoms with Crippen molar-refractivity contribution in [3.63, 3.8) is 0 Å². The average Bonchev–Trinajstić information content (AvgIpc) is 3.16. The van der Waals surface area contributed by atoms with Crippen LogP contribution in [0.5, 0.6) is 5.75 Å². The van der Waals surface area contributed by atoms with Crippen molar-refractivity contribution < 1.29 is 22.7 Å². The predicted molar refractivity (Wildman–Crippen MR) is 117 cm³/mol. The molecule has 1 unspecified atom stereocenters. The van der Waals surface area contributed by atoms with Gasteiger partial charge in [-0.2, -0.15) is 0 Å². The lowest BCUT2D eigenvalue weighted by Crippen LogP contribution is -2.43. The lowest BCUT2D eigenvalue weighted by Gasteiger charge is -2.34. The molecule has 7 nitrogen and oxygen atoms in total. The van der Waals surface area contributed by atoms with Gasteiger partial charge in [-0.05, 0) is 68.5 Å². The number of rotatable bonds is 4. The van der Waals surface area contributed by atoms with Crippen molar-refractivity contribution in [2.75, 3.05) is 19.3 Å². The first-order chi connectivity index (χ1) is 14.7. The number of likely N-dealkylation sites (tertiary alicyclic amines) is 1. The minimum Gasteiger partial charge on any atom is -0.490 e. The Morgan fingerprint density at radius 3 is 2.55 bits per heavy atom. The molecule has 1 fully saturated rings. The minimum atomic E-state index is -3.26. The van der Waals surface area contributed by atoms with Gasteiger partial charge in [-0.25, -0.2) is 13.2 Å². The first kappa shape index (κ1) is 21.6. The van der Waals surface area contributed by atoms with Crippen molar-refractivity contribution >= 4 is 15.9 Å². The summed E-state index contributed by atoms with van der Waals surface area (Å²) >= 11 is 0. The van der Waals surface area contributed by atoms with Crippen molar-refractivity contribution in [3.8, 4) is 17.0 Å². The second kappa shape index (κ2) is 8.49. The molecule has 3 heterocycles. The Labute approximate surface area is 183 Å². The van der Waals surface area contributed by atoms with E-state index in [4.69, 9.17) is 9.47 Å². The van der Waals surface area contributed by atoms with Crippen molar-refractivity contribution in [2.24, 2.45) is 5.92 Å². The lowest BCUT2D eigenvalue weighted by molar-refractivity contribution is 0.0503. The summed E-state index contributed by atoms with van der Waals surface area (Å²) < 4.78 is 34.8. The number of fused-ring (bicyclic) bond motifs is 1. The summed E-state index contributed by atoms with van der Waals surface area (Å²) in [6.45, 7) is 5.10. The number of nitrogens with zero attached hydrogens (tertiary/aromatic N) is 2. The number of amides is 1. The van der Waals surface area contributed by atoms with Gasteiger partial charge in [0.25, 0.3) is 0 Å². The second-order valence-corrected chi connectivity index (χ2v) is 10.6. The summed E-state index contributed by atoms with van der Waals surface area (Å²) in [5.41, 5.74) is 2.81. The number of sulfone groups is 1. The van der Waals surface area contributed by atoms with Crippen LogP contribution in [0.2, 0.25) is 0 Å². The molecule has 4 rings (SSSR count). The molecule has 2 aliphatic heterocycles. The van der Waals surface area contributed by atoms with Crippen LogP contribution in [0.4, 0.5) is 4.79 Å². The fourth-order valence-electron chi connectivity index (χ4n) is 4.20. The van der Waals surface area contributed by atoms with Gasteiger partial charge in [0.1, 0.15) is 11.9 Å². The van der Waals surface area contributed by atoms with E-state index in [1.807, 2.05) is 26.0 Å². The minimum absolute atomic E-state index is 0.106. The largest absolute Gasteiger partial charge is 0.490 e. The summed E-state index contributed by atoms with van der Waals surface area (Å²) in [6.07, 6.45) is 4.96. The fourth-order valence-corrected chi connectivity index (χ4v) is 4.76. The number of aromatic nitrogens is 1. The molecule has 1 aromatic heterocycles. The van der Waals surface area contributed by atoms with Crippen molar-refractivity contribution in [2.45, 2.75) is 50.2 Å². The van der Waals surface area contributed by atoms with Gasteiger partial charge in [0, 0.05) is 37.5 Å². The number of carbonyl (C=O) groups is 1. The van der Waals surface area contributed by atoms with Crippen molar-refractivity contribution in [1.29, 1.82) is 0 Å². The second-order valence-electron chi connectivity index (χ2n) is 8.59. The van der Waals surface area contributed by atoms with Crippen LogP contribution >= 0.6 is 0 Å². The molecule has 1 atom stereocenters. The molecule has 0 radical (unpaired) electrons. The van der Waals surface area contributed by atoms with E-state index in [-0.39, 0.29) is 23.2 Å². The molecule has 2 aliphatic rings. The van der Waals surface area contributed by atoms with Crippen LogP contribution in [-0.4, -0.2) is 55.9 Å². The van der Waals surface area contributed by atoms with Gasteiger partial charge in [-0.1, -0.05) is 0 Å². The summed E-state index contributed by atoms with van der Waals surface area (Å²) in [4.78, 5) is 18.4. The van der Waals surface area contributed by atoms with Crippen LogP contribution < -0.4 is 4.74 Å². The zero-order chi connectivity index (χ0) is 22.2. The zero-order valence-electron chi connectivity index (χ0n) is 18.1. The molecule has 8 heteroatoms. The van der Waals surface area contributed by atoms with Crippen molar-refractivity contribution in [3.05, 3.63) is 42.1 Å². The molecule has 0 spiro atoms. The number of carbonyl (C=O) groups excluding carboxylic acids is 1. The van der Waals surface area contributed by atoms with E-state index >= 15 is 0 Å². The number of piperidine rings is 1. The number of ether oxygens (including phenoxy) is 2. The standard InChI is InChI=1S/C23H28N2O5S/c1-15(2)29-23(26)25-10-8-16(9-11-25)22-13-18-12-17(4-7-21(18)30-22)20-6-5-19(14-24-20)31(3,27)28/h4-7,12,14-16,22H,8-11,13H2,1-3H3. The fraction of sp³-hybridized carbons (Fsp3) is 0.478. The molecule has 1 amide bonds. The zero-order valence-corrected chi connectivity index (χ0v) is 18.9. The van der Waals surface area contributed by atoms with Gasteiger partial charge in [-0.3, -0.25) is 4.98 Å². The third-order valence-corrected chi connectivity index (χ3v) is 6.98. The Morgan fingerprint density at radius 1 is 1.19 bits per heavy atom. The molecule has 0 aliphatic carbocycles. The van der Waals surface area contributed by atoms with Gasteiger partial charge >= 0.3 is 6.09 Å². The van der Waals surface area contributed by atoms with Crippen LogP contribution in [0.3, 0.4) is 0 Å². The molecule has 31 heavy (non-hydrogen) atoms. The topological polar surface area (TPSA) is 85.8 Å². The third kappa shape index (κ3) is 4.84. The van der Waals surface area contributed by atoms with E-state index < -0.39 is 9.84 Å². The van der Waals surface area contributed by atoms with E-state index in [2.05, 4.69) is 11.1 Å². The maximum atomic E-state index is 12.1. The monoisotopic (exact) mass is 444 g/mol. The average molecular weight is 445 g/mol. The predicted octanol–water partition coefficient (Wildman–Crippen LogP) is 3.71. The van der Waals surface area contributed by atoms with E-state index in [9.17, 15) is 13.2 Å². The lowest BCUT2D eigenvalue weighted by atomic mass is 9.89. The summed E-state index contributed by atoms with van der Waals surface area (Å²) in [6, 6.07) is 9.31. The first-order valence-corrected chi connectivity index (χ1v) is 12.5. The maximum Gasteiger partial charge on any atom is 0.410 e. The van der Waals surface area contributed by atoms with E-state index in [1.165, 1.54) is 12.5 Å². The highest BCUT2D eigenvalue weighted by molar-refractivity contribution is 7.90. The van der Waals surface area contributed by atoms with Crippen LogP contribution in [-0.2, 0) is 21.0 Å². The molecule has 2 aromatic rings. The quantitative estimate of drug-likeness (QED) is 0.715. The van der Waals surface area contributed by atoms with Gasteiger partial charge in [0.2, 0.25) is 0 Å². The Bertz CT molecular complexity index is 1060. The summed E-state index contributed by atoms with van der Waals surface area (Å²) in [5.74, 6) is 1.29. The SMILES string of the molecule is CC(C)OC(=O)N1CCC(C2Cc3cc(-c4ccc(S(C)(=O)=O)cn4)ccc3O2)CC1. The summed E-state index contributed by atoms with van der Waals surface area (Å²) in [5, 5.41) is 0. The first-order valence-electron chi connectivity index (χ1n) is 10.6. The molecular weight excluding hydrogens is 416 g/mol. The van der Waals surface area contributed by atoms with E-state index in [0.29, 0.717) is 19.0 Å². The normalized spacial score (nSPS) is 19.2. The highest BCUT2D eigenvalue weighted by Crippen LogP contribution is 2.37. The molecule has 0 saturated carbocycles. The molecule has 1 aromatic carbocycles. The number of hydrogen-bond acceptors (Lipinski definition) is 6. The Morgan fingerprint density at radius 2 is 1.94 bits per heavy atom. The Kier molecular flexibility index (Phi) is 5.92. The van der Waals surface area contributed by atoms with E-state index in [1.54, 1.807) is 17.0 Å².